The molecule has 0 aliphatic rings. The molecule has 25 heavy (non-hydrogen) atoms. The van der Waals surface area contributed by atoms with E-state index in [1.165, 1.54) is 0 Å². The van der Waals surface area contributed by atoms with Gasteiger partial charge in [-0.1, -0.05) is 40.2 Å². The van der Waals surface area contributed by atoms with E-state index in [2.05, 4.69) is 25.6 Å². The van der Waals surface area contributed by atoms with Crippen molar-refractivity contribution in [2.75, 3.05) is 0 Å². The average Bonchev–Trinajstić information content (AvgIpc) is 3.07. The molecule has 0 amide bonds. The van der Waals surface area contributed by atoms with Crippen molar-refractivity contribution in [3.63, 3.8) is 0 Å². The average molecular weight is 419 g/mol. The second kappa shape index (κ2) is 7.77. The van der Waals surface area contributed by atoms with Gasteiger partial charge in [0.05, 0.1) is 23.3 Å². The number of hydrogen-bond donors (Lipinski definition) is 1. The zero-order chi connectivity index (χ0) is 17.7. The maximum atomic E-state index is 12.2. The summed E-state index contributed by atoms with van der Waals surface area (Å²) in [7, 11) is -3.56. The van der Waals surface area contributed by atoms with Crippen LogP contribution in [0.4, 0.5) is 5.69 Å². The summed E-state index contributed by atoms with van der Waals surface area (Å²) in [5.74, 6) is 1.06. The molecular formula is C18H15BrN2O3S. The molecule has 3 aromatic rings. The summed E-state index contributed by atoms with van der Waals surface area (Å²) in [6, 6.07) is 19.2. The molecular weight excluding hydrogens is 404 g/mol. The molecule has 0 atom stereocenters. The van der Waals surface area contributed by atoms with Gasteiger partial charge in [0, 0.05) is 4.47 Å². The van der Waals surface area contributed by atoms with Gasteiger partial charge < -0.3 is 4.42 Å². The lowest BCUT2D eigenvalue weighted by Crippen LogP contribution is -2.22. The van der Waals surface area contributed by atoms with Gasteiger partial charge in [-0.15, -0.1) is 0 Å². The lowest BCUT2D eigenvalue weighted by Gasteiger charge is -2.04. The summed E-state index contributed by atoms with van der Waals surface area (Å²) in [5.41, 5.74) is 0.789. The lowest BCUT2D eigenvalue weighted by atomic mass is 10.3. The van der Waals surface area contributed by atoms with Gasteiger partial charge in [0.15, 0.2) is 0 Å². The molecule has 1 aromatic heterocycles. The van der Waals surface area contributed by atoms with Gasteiger partial charge in [0.2, 0.25) is 10.0 Å². The van der Waals surface area contributed by atoms with Crippen LogP contribution in [0.3, 0.4) is 0 Å². The summed E-state index contributed by atoms with van der Waals surface area (Å²) < 4.78 is 33.4. The molecule has 5 nitrogen and oxygen atoms in total. The van der Waals surface area contributed by atoms with E-state index in [1.807, 2.05) is 24.3 Å². The fourth-order valence-electron chi connectivity index (χ4n) is 2.10. The van der Waals surface area contributed by atoms with Crippen molar-refractivity contribution in [3.05, 3.63) is 82.7 Å². The minimum absolute atomic E-state index is 0.0714. The first-order valence-corrected chi connectivity index (χ1v) is 9.74. The molecule has 0 unspecified atom stereocenters. The van der Waals surface area contributed by atoms with E-state index in [-0.39, 0.29) is 11.4 Å². The smallest absolute Gasteiger partial charge is 0.240 e. The molecule has 128 valence electrons. The van der Waals surface area contributed by atoms with E-state index in [1.54, 1.807) is 48.7 Å². The first-order valence-electron chi connectivity index (χ1n) is 7.46. The Hall–Kier alpha value is -2.22. The number of hydrogen-bond acceptors (Lipinski definition) is 4. The van der Waals surface area contributed by atoms with Gasteiger partial charge in [-0.05, 0) is 42.5 Å². The Morgan fingerprint density at radius 2 is 1.84 bits per heavy atom. The van der Waals surface area contributed by atoms with Crippen molar-refractivity contribution in [2.24, 2.45) is 4.99 Å². The standard InChI is InChI=1S/C18H15BrN2O3S/c19-14-5-4-6-15(11-14)20-12-16-9-10-17(24-16)13-21-25(22,23)18-7-2-1-3-8-18/h1-12,21H,13H2. The molecule has 0 spiro atoms. The van der Waals surface area contributed by atoms with Gasteiger partial charge in [0.1, 0.15) is 11.5 Å². The van der Waals surface area contributed by atoms with Crippen molar-refractivity contribution in [1.82, 2.24) is 4.72 Å². The Balaban J connectivity index is 1.64. The first-order chi connectivity index (χ1) is 12.0. The third kappa shape index (κ3) is 4.88. The highest BCUT2D eigenvalue weighted by Gasteiger charge is 2.13. The van der Waals surface area contributed by atoms with Crippen LogP contribution in [0.5, 0.6) is 0 Å². The van der Waals surface area contributed by atoms with E-state index < -0.39 is 10.0 Å². The zero-order valence-corrected chi connectivity index (χ0v) is 15.5. The minimum Gasteiger partial charge on any atom is -0.459 e. The van der Waals surface area contributed by atoms with E-state index in [9.17, 15) is 8.42 Å². The van der Waals surface area contributed by atoms with E-state index in [0.29, 0.717) is 11.5 Å². The van der Waals surface area contributed by atoms with E-state index in [0.717, 1.165) is 10.2 Å². The molecule has 3 rings (SSSR count). The van der Waals surface area contributed by atoms with Crippen LogP contribution in [0.2, 0.25) is 0 Å². The maximum absolute atomic E-state index is 12.2. The highest BCUT2D eigenvalue weighted by molar-refractivity contribution is 9.10. The summed E-state index contributed by atoms with van der Waals surface area (Å²) in [6.45, 7) is 0.0714. The predicted octanol–water partition coefficient (Wildman–Crippen LogP) is 4.27. The second-order valence-electron chi connectivity index (χ2n) is 5.18. The van der Waals surface area contributed by atoms with Crippen molar-refractivity contribution < 1.29 is 12.8 Å². The van der Waals surface area contributed by atoms with Crippen LogP contribution in [0.1, 0.15) is 11.5 Å². The molecule has 7 heteroatoms. The van der Waals surface area contributed by atoms with Crippen LogP contribution in [-0.2, 0) is 16.6 Å². The molecule has 0 aliphatic carbocycles. The van der Waals surface area contributed by atoms with E-state index >= 15 is 0 Å². The van der Waals surface area contributed by atoms with E-state index in [4.69, 9.17) is 4.42 Å². The van der Waals surface area contributed by atoms with Crippen LogP contribution in [0.25, 0.3) is 0 Å². The minimum atomic E-state index is -3.56. The van der Waals surface area contributed by atoms with Gasteiger partial charge in [0.25, 0.3) is 0 Å². The summed E-state index contributed by atoms with van der Waals surface area (Å²) in [4.78, 5) is 4.54. The second-order valence-corrected chi connectivity index (χ2v) is 7.86. The number of nitrogens with one attached hydrogen (secondary N) is 1. The first kappa shape index (κ1) is 17.6. The Kier molecular flexibility index (Phi) is 5.47. The third-order valence-electron chi connectivity index (χ3n) is 3.32. The van der Waals surface area contributed by atoms with Crippen LogP contribution in [0, 0.1) is 0 Å². The number of nitrogens with zero attached hydrogens (tertiary/aromatic N) is 1. The number of halogens is 1. The van der Waals surface area contributed by atoms with Crippen molar-refractivity contribution in [3.8, 4) is 0 Å². The van der Waals surface area contributed by atoms with Gasteiger partial charge >= 0.3 is 0 Å². The summed E-state index contributed by atoms with van der Waals surface area (Å²) in [6.07, 6.45) is 1.59. The van der Waals surface area contributed by atoms with Crippen LogP contribution in [-0.4, -0.2) is 14.6 Å². The maximum Gasteiger partial charge on any atom is 0.240 e. The Labute approximate surface area is 154 Å². The van der Waals surface area contributed by atoms with Crippen LogP contribution < -0.4 is 4.72 Å². The number of benzene rings is 2. The molecule has 0 radical (unpaired) electrons. The zero-order valence-electron chi connectivity index (χ0n) is 13.1. The third-order valence-corrected chi connectivity index (χ3v) is 5.23. The van der Waals surface area contributed by atoms with Gasteiger partial charge in [-0.2, -0.15) is 0 Å². The Morgan fingerprint density at radius 3 is 2.60 bits per heavy atom. The number of sulfonamides is 1. The van der Waals surface area contributed by atoms with Crippen LogP contribution >= 0.6 is 15.9 Å². The highest BCUT2D eigenvalue weighted by atomic mass is 79.9. The number of aliphatic imine (C=N–C) groups is 1. The lowest BCUT2D eigenvalue weighted by molar-refractivity contribution is 0.494. The fourth-order valence-corrected chi connectivity index (χ4v) is 3.50. The van der Waals surface area contributed by atoms with Crippen molar-refractivity contribution in [2.45, 2.75) is 11.4 Å². The molecule has 1 heterocycles. The summed E-state index contributed by atoms with van der Waals surface area (Å²) in [5, 5.41) is 0. The largest absolute Gasteiger partial charge is 0.459 e. The van der Waals surface area contributed by atoms with Crippen LogP contribution in [0.15, 0.2) is 85.5 Å². The van der Waals surface area contributed by atoms with Gasteiger partial charge in [-0.25, -0.2) is 13.1 Å². The highest BCUT2D eigenvalue weighted by Crippen LogP contribution is 2.18. The summed E-state index contributed by atoms with van der Waals surface area (Å²) >= 11 is 3.39. The Bertz CT molecular complexity index is 982. The number of furan rings is 1. The Morgan fingerprint density at radius 1 is 1.04 bits per heavy atom. The van der Waals surface area contributed by atoms with Crippen molar-refractivity contribution >= 4 is 37.9 Å². The monoisotopic (exact) mass is 418 g/mol. The fraction of sp³-hybridized carbons (Fsp3) is 0.0556. The quantitative estimate of drug-likeness (QED) is 0.607. The molecule has 0 bridgehead atoms. The molecule has 0 aliphatic heterocycles. The molecule has 2 aromatic carbocycles. The molecule has 0 saturated carbocycles. The molecule has 0 saturated heterocycles. The molecule has 1 N–H and O–H groups in total. The molecule has 0 fully saturated rings. The van der Waals surface area contributed by atoms with Gasteiger partial charge in [-0.3, -0.25) is 4.99 Å². The topological polar surface area (TPSA) is 71.7 Å². The normalized spacial score (nSPS) is 11.9. The SMILES string of the molecule is O=S(=O)(NCc1ccc(C=Nc2cccc(Br)c2)o1)c1ccccc1. The number of rotatable bonds is 6. The predicted molar refractivity (Wildman–Crippen MR) is 101 cm³/mol. The van der Waals surface area contributed by atoms with Crippen molar-refractivity contribution in [1.29, 1.82) is 0 Å².